The Balaban J connectivity index is 0.00000208. The second-order valence-electron chi connectivity index (χ2n) is 6.22. The van der Waals surface area contributed by atoms with Crippen LogP contribution in [0.15, 0.2) is 40.8 Å². The van der Waals surface area contributed by atoms with Gasteiger partial charge in [0.05, 0.1) is 12.1 Å². The summed E-state index contributed by atoms with van der Waals surface area (Å²) >= 11 is 0. The number of carboxylic acid groups (broad SMARTS) is 1. The molecule has 0 saturated heterocycles. The van der Waals surface area contributed by atoms with Crippen LogP contribution in [0.2, 0.25) is 0 Å². The molecule has 1 aromatic carbocycles. The van der Waals surface area contributed by atoms with Crippen molar-refractivity contribution in [2.24, 2.45) is 0 Å². The lowest BCUT2D eigenvalue weighted by Crippen LogP contribution is -2.27. The molecule has 5 heteroatoms. The molecule has 2 aromatic rings. The Labute approximate surface area is 148 Å². The Kier molecular flexibility index (Phi) is 6.88. The fraction of sp³-hybridized carbons (Fsp3) is 0.421. The van der Waals surface area contributed by atoms with Crippen LogP contribution in [0.5, 0.6) is 0 Å². The highest BCUT2D eigenvalue weighted by atomic mass is 35.5. The summed E-state index contributed by atoms with van der Waals surface area (Å²) in [4.78, 5) is 10.9. The van der Waals surface area contributed by atoms with Crippen molar-refractivity contribution in [1.29, 1.82) is 0 Å². The van der Waals surface area contributed by atoms with Crippen molar-refractivity contribution in [3.63, 3.8) is 0 Å². The number of furan rings is 1. The molecule has 1 saturated carbocycles. The summed E-state index contributed by atoms with van der Waals surface area (Å²) in [6.45, 7) is 0.748. The maximum Gasteiger partial charge on any atom is 0.335 e. The van der Waals surface area contributed by atoms with E-state index in [2.05, 4.69) is 5.32 Å². The van der Waals surface area contributed by atoms with Crippen molar-refractivity contribution in [3.8, 4) is 11.3 Å². The number of hydrogen-bond acceptors (Lipinski definition) is 3. The van der Waals surface area contributed by atoms with Crippen LogP contribution in [-0.2, 0) is 6.54 Å². The maximum absolute atomic E-state index is 10.9. The largest absolute Gasteiger partial charge is 0.478 e. The molecule has 4 nitrogen and oxygen atoms in total. The zero-order chi connectivity index (χ0) is 16.1. The van der Waals surface area contributed by atoms with E-state index < -0.39 is 5.97 Å². The van der Waals surface area contributed by atoms with Gasteiger partial charge in [-0.05, 0) is 37.1 Å². The van der Waals surface area contributed by atoms with Gasteiger partial charge in [-0.3, -0.25) is 0 Å². The summed E-state index contributed by atoms with van der Waals surface area (Å²) in [5, 5.41) is 12.5. The number of carboxylic acids is 1. The number of carbonyl (C=O) groups is 1. The van der Waals surface area contributed by atoms with Gasteiger partial charge in [0, 0.05) is 11.6 Å². The molecule has 1 aliphatic carbocycles. The SMILES string of the molecule is Cl.O=C(O)c1ccc(-c2ccc(CNC3CCCCCC3)o2)cc1. The van der Waals surface area contributed by atoms with Crippen LogP contribution in [0.3, 0.4) is 0 Å². The number of rotatable bonds is 5. The second kappa shape index (κ2) is 8.90. The molecule has 0 spiro atoms. The third-order valence-corrected chi connectivity index (χ3v) is 4.50. The number of benzene rings is 1. The van der Waals surface area contributed by atoms with E-state index in [-0.39, 0.29) is 18.0 Å². The summed E-state index contributed by atoms with van der Waals surface area (Å²) in [6.07, 6.45) is 7.85. The maximum atomic E-state index is 10.9. The van der Waals surface area contributed by atoms with Gasteiger partial charge in [-0.15, -0.1) is 12.4 Å². The minimum absolute atomic E-state index is 0. The van der Waals surface area contributed by atoms with Gasteiger partial charge in [-0.2, -0.15) is 0 Å². The molecular formula is C19H24ClNO3. The molecule has 130 valence electrons. The lowest BCUT2D eigenvalue weighted by atomic mass is 10.1. The smallest absolute Gasteiger partial charge is 0.335 e. The summed E-state index contributed by atoms with van der Waals surface area (Å²) in [5.41, 5.74) is 1.19. The highest BCUT2D eigenvalue weighted by molar-refractivity contribution is 5.88. The molecule has 3 rings (SSSR count). The predicted molar refractivity (Wildman–Crippen MR) is 96.7 cm³/mol. The van der Waals surface area contributed by atoms with Crippen LogP contribution in [-0.4, -0.2) is 17.1 Å². The molecule has 1 aliphatic rings. The first-order valence-electron chi connectivity index (χ1n) is 8.38. The standard InChI is InChI=1S/C19H23NO3.ClH/c21-19(22)15-9-7-14(8-10-15)18-12-11-17(23-18)13-20-16-5-3-1-2-4-6-16;/h7-12,16,20H,1-6,13H2,(H,21,22);1H. The molecule has 0 radical (unpaired) electrons. The van der Waals surface area contributed by atoms with Crippen molar-refractivity contribution in [1.82, 2.24) is 5.32 Å². The van der Waals surface area contributed by atoms with Gasteiger partial charge in [0.25, 0.3) is 0 Å². The third-order valence-electron chi connectivity index (χ3n) is 4.50. The molecule has 0 amide bonds. The van der Waals surface area contributed by atoms with E-state index in [1.165, 1.54) is 38.5 Å². The summed E-state index contributed by atoms with van der Waals surface area (Å²) in [6, 6.07) is 11.3. The van der Waals surface area contributed by atoms with Gasteiger partial charge in [-0.1, -0.05) is 37.8 Å². The van der Waals surface area contributed by atoms with E-state index in [4.69, 9.17) is 9.52 Å². The number of aromatic carboxylic acids is 1. The van der Waals surface area contributed by atoms with Crippen LogP contribution in [0.4, 0.5) is 0 Å². The van der Waals surface area contributed by atoms with Crippen molar-refractivity contribution in [3.05, 3.63) is 47.7 Å². The average Bonchev–Trinajstić information content (AvgIpc) is 2.88. The van der Waals surface area contributed by atoms with Crippen molar-refractivity contribution >= 4 is 18.4 Å². The normalized spacial score (nSPS) is 15.5. The summed E-state index contributed by atoms with van der Waals surface area (Å²) in [5.74, 6) is 0.787. The van der Waals surface area contributed by atoms with E-state index in [0.717, 1.165) is 23.6 Å². The van der Waals surface area contributed by atoms with E-state index in [0.29, 0.717) is 6.04 Å². The van der Waals surface area contributed by atoms with Crippen LogP contribution >= 0.6 is 12.4 Å². The minimum atomic E-state index is -0.913. The molecule has 0 bridgehead atoms. The molecule has 0 atom stereocenters. The van der Waals surface area contributed by atoms with Crippen LogP contribution in [0.1, 0.15) is 54.6 Å². The molecule has 0 unspecified atom stereocenters. The van der Waals surface area contributed by atoms with Crippen LogP contribution < -0.4 is 5.32 Å². The first-order valence-corrected chi connectivity index (χ1v) is 8.38. The second-order valence-corrected chi connectivity index (χ2v) is 6.22. The number of halogens is 1. The lowest BCUT2D eigenvalue weighted by Gasteiger charge is -2.14. The van der Waals surface area contributed by atoms with Crippen LogP contribution in [0.25, 0.3) is 11.3 Å². The summed E-state index contributed by atoms with van der Waals surface area (Å²) in [7, 11) is 0. The Hall–Kier alpha value is -1.78. The molecular weight excluding hydrogens is 326 g/mol. The van der Waals surface area contributed by atoms with E-state index in [9.17, 15) is 4.79 Å². The minimum Gasteiger partial charge on any atom is -0.478 e. The Morgan fingerprint density at radius 1 is 1.04 bits per heavy atom. The van der Waals surface area contributed by atoms with Gasteiger partial charge in [0.15, 0.2) is 0 Å². The molecule has 1 aromatic heterocycles. The zero-order valence-electron chi connectivity index (χ0n) is 13.7. The van der Waals surface area contributed by atoms with Gasteiger partial charge < -0.3 is 14.8 Å². The Bertz CT molecular complexity index is 643. The first-order chi connectivity index (χ1) is 11.2. The Morgan fingerprint density at radius 2 is 1.71 bits per heavy atom. The highest BCUT2D eigenvalue weighted by Crippen LogP contribution is 2.23. The quantitative estimate of drug-likeness (QED) is 0.755. The number of hydrogen-bond donors (Lipinski definition) is 2. The fourth-order valence-corrected chi connectivity index (χ4v) is 3.13. The van der Waals surface area contributed by atoms with Crippen LogP contribution in [0, 0.1) is 0 Å². The molecule has 1 fully saturated rings. The van der Waals surface area contributed by atoms with Gasteiger partial charge in [0.2, 0.25) is 0 Å². The molecule has 0 aliphatic heterocycles. The van der Waals surface area contributed by atoms with Gasteiger partial charge in [0.1, 0.15) is 11.5 Å². The topological polar surface area (TPSA) is 62.5 Å². The highest BCUT2D eigenvalue weighted by Gasteiger charge is 2.13. The van der Waals surface area contributed by atoms with Crippen molar-refractivity contribution in [2.75, 3.05) is 0 Å². The monoisotopic (exact) mass is 349 g/mol. The van der Waals surface area contributed by atoms with Gasteiger partial charge >= 0.3 is 5.97 Å². The van der Waals surface area contributed by atoms with E-state index >= 15 is 0 Å². The third kappa shape index (κ3) is 4.86. The molecule has 1 heterocycles. The zero-order valence-corrected chi connectivity index (χ0v) is 14.5. The molecule has 24 heavy (non-hydrogen) atoms. The van der Waals surface area contributed by atoms with E-state index in [1.54, 1.807) is 24.3 Å². The fourth-order valence-electron chi connectivity index (χ4n) is 3.13. The van der Waals surface area contributed by atoms with Gasteiger partial charge in [-0.25, -0.2) is 4.79 Å². The summed E-state index contributed by atoms with van der Waals surface area (Å²) < 4.78 is 5.88. The van der Waals surface area contributed by atoms with E-state index in [1.807, 2.05) is 12.1 Å². The lowest BCUT2D eigenvalue weighted by molar-refractivity contribution is 0.0697. The number of nitrogens with one attached hydrogen (secondary N) is 1. The Morgan fingerprint density at radius 3 is 2.33 bits per heavy atom. The van der Waals surface area contributed by atoms with Crippen molar-refractivity contribution in [2.45, 2.75) is 51.1 Å². The first kappa shape index (κ1) is 18.6. The predicted octanol–water partition coefficient (Wildman–Crippen LogP) is 4.88. The average molecular weight is 350 g/mol. The molecule has 2 N–H and O–H groups in total. The van der Waals surface area contributed by atoms with Crippen molar-refractivity contribution < 1.29 is 14.3 Å².